The molecular weight excluding hydrogens is 385 g/mol. The van der Waals surface area contributed by atoms with Gasteiger partial charge in [0.15, 0.2) is 0 Å². The van der Waals surface area contributed by atoms with E-state index >= 15 is 0 Å². The molecule has 0 aliphatic carbocycles. The first-order valence-electron chi connectivity index (χ1n) is 9.52. The highest BCUT2D eigenvalue weighted by atomic mass is 19.4. The second-order valence-corrected chi connectivity index (χ2v) is 8.48. The SMILES string of the molecule is CC(C)(C)CC(=O)N1CCN(Cc2nc(-c3cccc(C(F)(F)F)c3)no2)CC1. The minimum Gasteiger partial charge on any atom is -0.340 e. The number of amides is 1. The van der Waals surface area contributed by atoms with Crippen LogP contribution in [-0.2, 0) is 17.5 Å². The second-order valence-electron chi connectivity index (χ2n) is 8.48. The van der Waals surface area contributed by atoms with E-state index in [0.29, 0.717) is 45.0 Å². The second kappa shape index (κ2) is 8.14. The van der Waals surface area contributed by atoms with Gasteiger partial charge in [0, 0.05) is 38.2 Å². The van der Waals surface area contributed by atoms with Gasteiger partial charge >= 0.3 is 6.18 Å². The van der Waals surface area contributed by atoms with Crippen molar-refractivity contribution in [3.05, 3.63) is 35.7 Å². The lowest BCUT2D eigenvalue weighted by Crippen LogP contribution is -2.48. The number of hydrogen-bond acceptors (Lipinski definition) is 5. The van der Waals surface area contributed by atoms with Gasteiger partial charge in [-0.2, -0.15) is 18.2 Å². The largest absolute Gasteiger partial charge is 0.416 e. The van der Waals surface area contributed by atoms with Gasteiger partial charge in [0.1, 0.15) is 0 Å². The Balaban J connectivity index is 1.57. The van der Waals surface area contributed by atoms with Crippen LogP contribution in [0.2, 0.25) is 0 Å². The quantitative estimate of drug-likeness (QED) is 0.767. The number of piperazine rings is 1. The summed E-state index contributed by atoms with van der Waals surface area (Å²) in [6.45, 7) is 9.13. The molecule has 1 amide bonds. The molecule has 1 saturated heterocycles. The molecule has 0 saturated carbocycles. The van der Waals surface area contributed by atoms with Gasteiger partial charge in [0.2, 0.25) is 17.6 Å². The standard InChI is InChI=1S/C20H25F3N4O2/c1-19(2,3)12-17(28)27-9-7-26(8-10-27)13-16-24-18(25-29-16)14-5-4-6-15(11-14)20(21,22)23/h4-6,11H,7-10,12-13H2,1-3H3. The van der Waals surface area contributed by atoms with Crippen molar-refractivity contribution in [3.63, 3.8) is 0 Å². The van der Waals surface area contributed by atoms with Crippen LogP contribution in [0.15, 0.2) is 28.8 Å². The molecule has 9 heteroatoms. The fraction of sp³-hybridized carbons (Fsp3) is 0.550. The molecule has 1 aromatic heterocycles. The third-order valence-corrected chi connectivity index (χ3v) is 4.68. The first-order valence-corrected chi connectivity index (χ1v) is 9.52. The van der Waals surface area contributed by atoms with Gasteiger partial charge in [0.25, 0.3) is 0 Å². The molecule has 1 aliphatic heterocycles. The highest BCUT2D eigenvalue weighted by Gasteiger charge is 2.31. The van der Waals surface area contributed by atoms with Gasteiger partial charge in [-0.1, -0.05) is 38.1 Å². The Bertz CT molecular complexity index is 850. The number of benzene rings is 1. The number of aromatic nitrogens is 2. The van der Waals surface area contributed by atoms with E-state index in [9.17, 15) is 18.0 Å². The molecule has 3 rings (SSSR count). The summed E-state index contributed by atoms with van der Waals surface area (Å²) in [7, 11) is 0. The lowest BCUT2D eigenvalue weighted by atomic mass is 9.91. The van der Waals surface area contributed by atoms with Crippen LogP contribution >= 0.6 is 0 Å². The normalized spacial score (nSPS) is 16.3. The van der Waals surface area contributed by atoms with E-state index in [-0.39, 0.29) is 22.7 Å². The fourth-order valence-electron chi connectivity index (χ4n) is 3.18. The van der Waals surface area contributed by atoms with Crippen molar-refractivity contribution in [2.75, 3.05) is 26.2 Å². The minimum absolute atomic E-state index is 0.0439. The number of rotatable bonds is 4. The first-order chi connectivity index (χ1) is 13.5. The number of hydrogen-bond donors (Lipinski definition) is 0. The maximum Gasteiger partial charge on any atom is 0.416 e. The van der Waals surface area contributed by atoms with Crippen molar-refractivity contribution in [1.29, 1.82) is 0 Å². The van der Waals surface area contributed by atoms with Crippen LogP contribution < -0.4 is 0 Å². The van der Waals surface area contributed by atoms with Crippen LogP contribution in [0, 0.1) is 5.41 Å². The summed E-state index contributed by atoms with van der Waals surface area (Å²) in [4.78, 5) is 20.5. The lowest BCUT2D eigenvalue weighted by molar-refractivity contribution is -0.137. The molecule has 0 radical (unpaired) electrons. The Morgan fingerprint density at radius 1 is 1.14 bits per heavy atom. The monoisotopic (exact) mass is 410 g/mol. The van der Waals surface area contributed by atoms with E-state index in [1.807, 2.05) is 25.7 Å². The third-order valence-electron chi connectivity index (χ3n) is 4.68. The Hall–Kier alpha value is -2.42. The third kappa shape index (κ3) is 5.79. The number of alkyl halides is 3. The van der Waals surface area contributed by atoms with Crippen LogP contribution in [0.3, 0.4) is 0 Å². The first kappa shape index (κ1) is 21.3. The van der Waals surface area contributed by atoms with Gasteiger partial charge in [-0.05, 0) is 17.5 Å². The molecule has 1 fully saturated rings. The highest BCUT2D eigenvalue weighted by molar-refractivity contribution is 5.76. The molecule has 0 spiro atoms. The smallest absolute Gasteiger partial charge is 0.340 e. The number of carbonyl (C=O) groups excluding carboxylic acids is 1. The average molecular weight is 410 g/mol. The molecule has 1 aliphatic rings. The predicted octanol–water partition coefficient (Wildman–Crippen LogP) is 3.84. The van der Waals surface area contributed by atoms with Gasteiger partial charge in [-0.25, -0.2) is 0 Å². The zero-order valence-electron chi connectivity index (χ0n) is 16.8. The van der Waals surface area contributed by atoms with Gasteiger partial charge in [-0.15, -0.1) is 0 Å². The molecule has 1 aromatic carbocycles. The molecule has 6 nitrogen and oxygen atoms in total. The van der Waals surface area contributed by atoms with Crippen molar-refractivity contribution >= 4 is 5.91 Å². The Morgan fingerprint density at radius 3 is 2.45 bits per heavy atom. The van der Waals surface area contributed by atoms with Gasteiger partial charge in [-0.3, -0.25) is 9.69 Å². The van der Waals surface area contributed by atoms with Crippen molar-refractivity contribution in [3.8, 4) is 11.4 Å². The molecule has 29 heavy (non-hydrogen) atoms. The molecule has 0 unspecified atom stereocenters. The molecule has 2 heterocycles. The summed E-state index contributed by atoms with van der Waals surface area (Å²) >= 11 is 0. The Kier molecular flexibility index (Phi) is 5.97. The Labute approximate surface area is 167 Å². The summed E-state index contributed by atoms with van der Waals surface area (Å²) in [6, 6.07) is 4.85. The van der Waals surface area contributed by atoms with E-state index in [2.05, 4.69) is 15.0 Å². The van der Waals surface area contributed by atoms with Gasteiger partial charge < -0.3 is 9.42 Å². The van der Waals surface area contributed by atoms with Gasteiger partial charge in [0.05, 0.1) is 12.1 Å². The lowest BCUT2D eigenvalue weighted by Gasteiger charge is -2.35. The molecular formula is C20H25F3N4O2. The highest BCUT2D eigenvalue weighted by Crippen LogP contribution is 2.31. The zero-order valence-corrected chi connectivity index (χ0v) is 16.8. The minimum atomic E-state index is -4.42. The van der Waals surface area contributed by atoms with E-state index in [4.69, 9.17) is 4.52 Å². The van der Waals surface area contributed by atoms with E-state index in [1.54, 1.807) is 0 Å². The summed E-state index contributed by atoms with van der Waals surface area (Å²) < 4.78 is 43.9. The molecule has 0 N–H and O–H groups in total. The van der Waals surface area contributed by atoms with E-state index in [1.165, 1.54) is 12.1 Å². The molecule has 158 valence electrons. The summed E-state index contributed by atoms with van der Waals surface area (Å²) in [5, 5.41) is 3.81. The van der Waals surface area contributed by atoms with Crippen molar-refractivity contribution in [2.24, 2.45) is 5.41 Å². The zero-order chi connectivity index (χ0) is 21.2. The summed E-state index contributed by atoms with van der Waals surface area (Å²) in [5.41, 5.74) is -0.539. The number of nitrogens with zero attached hydrogens (tertiary/aromatic N) is 4. The van der Waals surface area contributed by atoms with Crippen LogP contribution in [0.4, 0.5) is 13.2 Å². The fourth-order valence-corrected chi connectivity index (χ4v) is 3.18. The van der Waals surface area contributed by atoms with E-state index < -0.39 is 11.7 Å². The van der Waals surface area contributed by atoms with E-state index in [0.717, 1.165) is 12.1 Å². The maximum absolute atomic E-state index is 12.9. The summed E-state index contributed by atoms with van der Waals surface area (Å²) in [6.07, 6.45) is -3.91. The number of carbonyl (C=O) groups is 1. The van der Waals surface area contributed by atoms with Crippen LogP contribution in [0.5, 0.6) is 0 Å². The van der Waals surface area contributed by atoms with Crippen LogP contribution in [0.1, 0.15) is 38.6 Å². The van der Waals surface area contributed by atoms with Crippen molar-refractivity contribution in [1.82, 2.24) is 19.9 Å². The van der Waals surface area contributed by atoms with Crippen molar-refractivity contribution < 1.29 is 22.5 Å². The van der Waals surface area contributed by atoms with Crippen LogP contribution in [-0.4, -0.2) is 52.0 Å². The maximum atomic E-state index is 12.9. The Morgan fingerprint density at radius 2 is 1.83 bits per heavy atom. The molecule has 2 aromatic rings. The average Bonchev–Trinajstić information content (AvgIpc) is 3.09. The van der Waals surface area contributed by atoms with Crippen molar-refractivity contribution in [2.45, 2.75) is 39.9 Å². The number of halogens is 3. The molecule has 0 atom stereocenters. The topological polar surface area (TPSA) is 62.5 Å². The van der Waals surface area contributed by atoms with Crippen LogP contribution in [0.25, 0.3) is 11.4 Å². The predicted molar refractivity (Wildman–Crippen MR) is 101 cm³/mol. The summed E-state index contributed by atoms with van der Waals surface area (Å²) in [5.74, 6) is 0.624. The molecule has 0 bridgehead atoms.